The molecule has 0 amide bonds. The highest BCUT2D eigenvalue weighted by Crippen LogP contribution is 2.46. The van der Waals surface area contributed by atoms with Gasteiger partial charge in [0.25, 0.3) is 0 Å². The molecule has 1 heterocycles. The van der Waals surface area contributed by atoms with E-state index >= 15 is 0 Å². The summed E-state index contributed by atoms with van der Waals surface area (Å²) >= 11 is 0. The van der Waals surface area contributed by atoms with Crippen LogP contribution in [0.15, 0.2) is 11.5 Å². The first kappa shape index (κ1) is 12.8. The largest absolute Gasteiger partial charge is 0.505 e. The third-order valence-corrected chi connectivity index (χ3v) is 2.78. The number of aliphatic hydroxyl groups is 4. The van der Waals surface area contributed by atoms with Gasteiger partial charge in [0.1, 0.15) is 6.10 Å². The van der Waals surface area contributed by atoms with Gasteiger partial charge >= 0.3 is 5.97 Å². The Morgan fingerprint density at radius 3 is 2.12 bits per heavy atom. The van der Waals surface area contributed by atoms with Gasteiger partial charge in [-0.3, -0.25) is 0 Å². The number of rotatable bonds is 2. The molecular weight excluding hydrogens is 216 g/mol. The molecule has 16 heavy (non-hydrogen) atoms. The van der Waals surface area contributed by atoms with Crippen LogP contribution in [-0.2, 0) is 9.53 Å². The minimum Gasteiger partial charge on any atom is -0.505 e. The molecule has 1 rings (SSSR count). The zero-order chi connectivity index (χ0) is 12.7. The first-order valence-electron chi connectivity index (χ1n) is 4.83. The Morgan fingerprint density at radius 2 is 1.88 bits per heavy atom. The summed E-state index contributed by atoms with van der Waals surface area (Å²) in [5, 5.41) is 37.7. The van der Waals surface area contributed by atoms with E-state index in [1.165, 1.54) is 0 Å². The van der Waals surface area contributed by atoms with Crippen LogP contribution in [0.4, 0.5) is 0 Å². The maximum atomic E-state index is 11.2. The molecule has 0 aromatic carbocycles. The second kappa shape index (κ2) is 3.64. The molecule has 0 bridgehead atoms. The van der Waals surface area contributed by atoms with E-state index in [2.05, 4.69) is 0 Å². The summed E-state index contributed by atoms with van der Waals surface area (Å²) in [6.45, 7) is 4.11. The number of hydrogen-bond acceptors (Lipinski definition) is 6. The fraction of sp³-hybridized carbons (Fsp3) is 0.700. The van der Waals surface area contributed by atoms with Crippen molar-refractivity contribution in [2.24, 2.45) is 5.41 Å². The lowest BCUT2D eigenvalue weighted by atomic mass is 9.72. The maximum Gasteiger partial charge on any atom is 0.378 e. The van der Waals surface area contributed by atoms with Crippen molar-refractivity contribution in [2.75, 3.05) is 6.61 Å². The standard InChI is InChI=1S/C10H16O6/c1-9(2,3)10(5(12)4-11)7(14)6(13)8(15)16-10/h5,11-14H,4H2,1-3H3/t5-,10+/m0/s1. The summed E-state index contributed by atoms with van der Waals surface area (Å²) in [5.41, 5.74) is -2.71. The Bertz CT molecular complexity index is 340. The Kier molecular flexibility index (Phi) is 2.91. The number of esters is 1. The van der Waals surface area contributed by atoms with Gasteiger partial charge in [0.05, 0.1) is 6.61 Å². The highest BCUT2D eigenvalue weighted by Gasteiger charge is 2.60. The molecule has 4 N–H and O–H groups in total. The smallest absolute Gasteiger partial charge is 0.378 e. The summed E-state index contributed by atoms with van der Waals surface area (Å²) in [6.07, 6.45) is -1.51. The monoisotopic (exact) mass is 232 g/mol. The van der Waals surface area contributed by atoms with Crippen LogP contribution >= 0.6 is 0 Å². The van der Waals surface area contributed by atoms with Gasteiger partial charge in [-0.15, -0.1) is 0 Å². The molecule has 6 heteroatoms. The third kappa shape index (κ3) is 1.45. The van der Waals surface area contributed by atoms with Crippen molar-refractivity contribution in [3.63, 3.8) is 0 Å². The minimum absolute atomic E-state index is 0.706. The molecule has 0 spiro atoms. The predicted molar refractivity (Wildman–Crippen MR) is 53.7 cm³/mol. The van der Waals surface area contributed by atoms with Gasteiger partial charge < -0.3 is 25.2 Å². The van der Waals surface area contributed by atoms with Crippen molar-refractivity contribution in [3.8, 4) is 0 Å². The van der Waals surface area contributed by atoms with Crippen molar-refractivity contribution in [1.82, 2.24) is 0 Å². The number of hydrogen-bond donors (Lipinski definition) is 4. The lowest BCUT2D eigenvalue weighted by Crippen LogP contribution is -2.56. The molecule has 6 nitrogen and oxygen atoms in total. The van der Waals surface area contributed by atoms with Gasteiger partial charge in [-0.2, -0.15) is 0 Å². The molecule has 1 aliphatic heterocycles. The SMILES string of the molecule is CC(C)(C)[C@]1([C@@H](O)CO)OC(=O)C(O)=C1O. The predicted octanol–water partition coefficient (Wildman–Crippen LogP) is 0.00890. The van der Waals surface area contributed by atoms with Crippen molar-refractivity contribution < 1.29 is 30.0 Å². The average molecular weight is 232 g/mol. The summed E-state index contributed by atoms with van der Waals surface area (Å²) in [7, 11) is 0. The quantitative estimate of drug-likeness (QED) is 0.499. The van der Waals surface area contributed by atoms with Crippen molar-refractivity contribution in [3.05, 3.63) is 11.5 Å². The fourth-order valence-corrected chi connectivity index (χ4v) is 1.88. The number of carbonyl (C=O) groups excluding carboxylic acids is 1. The summed E-state index contributed by atoms with van der Waals surface area (Å²) in [4.78, 5) is 11.2. The van der Waals surface area contributed by atoms with Crippen LogP contribution in [0, 0.1) is 5.41 Å². The summed E-state index contributed by atoms with van der Waals surface area (Å²) < 4.78 is 4.87. The number of aliphatic hydroxyl groups excluding tert-OH is 4. The zero-order valence-corrected chi connectivity index (χ0v) is 9.39. The van der Waals surface area contributed by atoms with E-state index in [9.17, 15) is 20.1 Å². The summed E-state index contributed by atoms with van der Waals surface area (Å²) in [6, 6.07) is 0. The highest BCUT2D eigenvalue weighted by atomic mass is 16.6. The van der Waals surface area contributed by atoms with Crippen LogP contribution < -0.4 is 0 Å². The molecule has 92 valence electrons. The van der Waals surface area contributed by atoms with Gasteiger partial charge in [0.2, 0.25) is 11.4 Å². The molecule has 1 aliphatic rings. The number of ether oxygens (including phenoxy) is 1. The first-order valence-corrected chi connectivity index (χ1v) is 4.83. The Balaban J connectivity index is 3.36. The Labute approximate surface area is 92.8 Å². The van der Waals surface area contributed by atoms with Crippen LogP contribution in [0.5, 0.6) is 0 Å². The first-order chi connectivity index (χ1) is 7.18. The average Bonchev–Trinajstić information content (AvgIpc) is 2.41. The van der Waals surface area contributed by atoms with Gasteiger partial charge in [0, 0.05) is 5.41 Å². The normalized spacial score (nSPS) is 28.2. The minimum atomic E-state index is -1.82. The lowest BCUT2D eigenvalue weighted by molar-refractivity contribution is -0.184. The molecule has 0 aliphatic carbocycles. The van der Waals surface area contributed by atoms with Gasteiger partial charge in [-0.1, -0.05) is 20.8 Å². The second-order valence-corrected chi connectivity index (χ2v) is 4.77. The van der Waals surface area contributed by atoms with Crippen molar-refractivity contribution in [1.29, 1.82) is 0 Å². The number of cyclic esters (lactones) is 1. The van der Waals surface area contributed by atoms with Crippen LogP contribution in [0.25, 0.3) is 0 Å². The highest BCUT2D eigenvalue weighted by molar-refractivity contribution is 5.90. The van der Waals surface area contributed by atoms with Crippen molar-refractivity contribution in [2.45, 2.75) is 32.5 Å². The molecule has 0 fully saturated rings. The molecule has 0 aromatic rings. The maximum absolute atomic E-state index is 11.2. The second-order valence-electron chi connectivity index (χ2n) is 4.77. The van der Waals surface area contributed by atoms with Crippen LogP contribution in [-0.4, -0.2) is 44.7 Å². The van der Waals surface area contributed by atoms with E-state index in [1.54, 1.807) is 20.8 Å². The molecule has 0 unspecified atom stereocenters. The lowest BCUT2D eigenvalue weighted by Gasteiger charge is -2.42. The van der Waals surface area contributed by atoms with E-state index in [1.807, 2.05) is 0 Å². The van der Waals surface area contributed by atoms with E-state index in [0.29, 0.717) is 0 Å². The van der Waals surface area contributed by atoms with Crippen LogP contribution in [0.3, 0.4) is 0 Å². The van der Waals surface area contributed by atoms with E-state index in [-0.39, 0.29) is 0 Å². The molecular formula is C10H16O6. The van der Waals surface area contributed by atoms with Gasteiger partial charge in [-0.25, -0.2) is 4.79 Å². The zero-order valence-electron chi connectivity index (χ0n) is 9.39. The molecule has 0 saturated heterocycles. The molecule has 0 aromatic heterocycles. The van der Waals surface area contributed by atoms with Crippen molar-refractivity contribution >= 4 is 5.97 Å². The third-order valence-electron chi connectivity index (χ3n) is 2.78. The molecule has 0 saturated carbocycles. The van der Waals surface area contributed by atoms with E-state index in [0.717, 1.165) is 0 Å². The molecule has 0 radical (unpaired) electrons. The van der Waals surface area contributed by atoms with E-state index in [4.69, 9.17) is 9.84 Å². The Hall–Kier alpha value is -1.27. The Morgan fingerprint density at radius 1 is 1.38 bits per heavy atom. The van der Waals surface area contributed by atoms with Crippen LogP contribution in [0.1, 0.15) is 20.8 Å². The van der Waals surface area contributed by atoms with Gasteiger partial charge in [-0.05, 0) is 0 Å². The topological polar surface area (TPSA) is 107 Å². The number of carbonyl (C=O) groups is 1. The van der Waals surface area contributed by atoms with E-state index < -0.39 is 41.2 Å². The fourth-order valence-electron chi connectivity index (χ4n) is 1.88. The van der Waals surface area contributed by atoms with Crippen LogP contribution in [0.2, 0.25) is 0 Å². The summed E-state index contributed by atoms with van der Waals surface area (Å²) in [5.74, 6) is -2.78. The molecule has 2 atom stereocenters. The van der Waals surface area contributed by atoms with Gasteiger partial charge in [0.15, 0.2) is 5.76 Å².